The molecular formula is C30H60O4. The summed E-state index contributed by atoms with van der Waals surface area (Å²) in [6.45, 7) is 2.09. The Morgan fingerprint density at radius 2 is 0.765 bits per heavy atom. The van der Waals surface area contributed by atoms with Gasteiger partial charge in [0.1, 0.15) is 0 Å². The molecule has 0 aliphatic rings. The number of hydrogen-bond acceptors (Lipinski definition) is 3. The molecule has 0 fully saturated rings. The van der Waals surface area contributed by atoms with Crippen molar-refractivity contribution in [3.63, 3.8) is 0 Å². The van der Waals surface area contributed by atoms with E-state index >= 15 is 0 Å². The van der Waals surface area contributed by atoms with Crippen molar-refractivity contribution in [2.45, 2.75) is 186 Å². The number of aliphatic carboxylic acids is 1. The molecule has 0 amide bonds. The van der Waals surface area contributed by atoms with E-state index in [0.717, 1.165) is 51.4 Å². The minimum Gasteiger partial charge on any atom is -0.481 e. The molecule has 0 aliphatic heterocycles. The third-order valence-electron chi connectivity index (χ3n) is 7.13. The smallest absolute Gasteiger partial charge is 0.303 e. The third kappa shape index (κ3) is 27.6. The van der Waals surface area contributed by atoms with Crippen LogP contribution in [-0.4, -0.2) is 33.5 Å². The fourth-order valence-electron chi connectivity index (χ4n) is 4.84. The highest BCUT2D eigenvalue weighted by Gasteiger charge is 2.08. The van der Waals surface area contributed by atoms with Crippen LogP contribution in [0, 0.1) is 0 Å². The Hall–Kier alpha value is -0.610. The summed E-state index contributed by atoms with van der Waals surface area (Å²) in [6.07, 6.45) is 30.1. The molecule has 204 valence electrons. The Labute approximate surface area is 212 Å². The lowest BCUT2D eigenvalue weighted by Gasteiger charge is -2.13. The van der Waals surface area contributed by atoms with Crippen molar-refractivity contribution in [1.29, 1.82) is 0 Å². The van der Waals surface area contributed by atoms with Crippen LogP contribution in [0.1, 0.15) is 174 Å². The van der Waals surface area contributed by atoms with E-state index < -0.39 is 5.97 Å². The maximum Gasteiger partial charge on any atom is 0.303 e. The van der Waals surface area contributed by atoms with Crippen LogP contribution >= 0.6 is 0 Å². The maximum atomic E-state index is 10.4. The van der Waals surface area contributed by atoms with Crippen LogP contribution in [0.3, 0.4) is 0 Å². The summed E-state index contributed by atoms with van der Waals surface area (Å²) in [5.74, 6) is -0.660. The first-order valence-corrected chi connectivity index (χ1v) is 15.1. The van der Waals surface area contributed by atoms with Gasteiger partial charge < -0.3 is 15.3 Å². The third-order valence-corrected chi connectivity index (χ3v) is 7.13. The average Bonchev–Trinajstić information content (AvgIpc) is 2.81. The Morgan fingerprint density at radius 3 is 1.09 bits per heavy atom. The lowest BCUT2D eigenvalue weighted by atomic mass is 10.0. The van der Waals surface area contributed by atoms with Crippen LogP contribution in [0.4, 0.5) is 0 Å². The second-order valence-electron chi connectivity index (χ2n) is 10.7. The first-order chi connectivity index (χ1) is 16.6. The van der Waals surface area contributed by atoms with Gasteiger partial charge in [-0.25, -0.2) is 0 Å². The van der Waals surface area contributed by atoms with Crippen molar-refractivity contribution in [2.24, 2.45) is 0 Å². The van der Waals surface area contributed by atoms with Gasteiger partial charge in [0.15, 0.2) is 0 Å². The lowest BCUT2D eigenvalue weighted by molar-refractivity contribution is -0.137. The fraction of sp³-hybridized carbons (Fsp3) is 0.967. The molecule has 2 atom stereocenters. The summed E-state index contributed by atoms with van der Waals surface area (Å²) in [5.41, 5.74) is 0. The van der Waals surface area contributed by atoms with E-state index in [-0.39, 0.29) is 12.2 Å². The van der Waals surface area contributed by atoms with Crippen LogP contribution in [0.2, 0.25) is 0 Å². The summed E-state index contributed by atoms with van der Waals surface area (Å²) in [6, 6.07) is 0. The molecule has 4 nitrogen and oxygen atoms in total. The summed E-state index contributed by atoms with van der Waals surface area (Å²) in [4.78, 5) is 10.4. The van der Waals surface area contributed by atoms with Crippen molar-refractivity contribution >= 4 is 5.97 Å². The Morgan fingerprint density at radius 1 is 0.471 bits per heavy atom. The highest BCUT2D eigenvalue weighted by Crippen LogP contribution is 2.16. The Kier molecular flexibility index (Phi) is 26.5. The van der Waals surface area contributed by atoms with Crippen LogP contribution in [0.15, 0.2) is 0 Å². The van der Waals surface area contributed by atoms with Crippen LogP contribution in [-0.2, 0) is 4.79 Å². The first-order valence-electron chi connectivity index (χ1n) is 15.1. The molecule has 0 heterocycles. The van der Waals surface area contributed by atoms with E-state index in [2.05, 4.69) is 6.92 Å². The standard InChI is InChI=1S/C30H60O4/c1-2-23-28(31)26-27-29(32)24-21-19-17-15-13-11-9-7-5-3-4-6-8-10-12-14-16-18-20-22-25-30(33)34/h28-29,31-32H,2-27H2,1H3,(H,33,34). The molecule has 0 aromatic rings. The van der Waals surface area contributed by atoms with Crippen LogP contribution in [0.25, 0.3) is 0 Å². The second kappa shape index (κ2) is 27.0. The zero-order valence-corrected chi connectivity index (χ0v) is 22.8. The summed E-state index contributed by atoms with van der Waals surface area (Å²) < 4.78 is 0. The van der Waals surface area contributed by atoms with Gasteiger partial charge in [-0.3, -0.25) is 4.79 Å². The molecule has 4 heteroatoms. The molecule has 0 bridgehead atoms. The molecular weight excluding hydrogens is 424 g/mol. The number of aliphatic hydroxyl groups excluding tert-OH is 2. The topological polar surface area (TPSA) is 77.8 Å². The number of carbonyl (C=O) groups is 1. The maximum absolute atomic E-state index is 10.4. The zero-order valence-electron chi connectivity index (χ0n) is 22.8. The first kappa shape index (κ1) is 33.4. The summed E-state index contributed by atoms with van der Waals surface area (Å²) in [5, 5.41) is 28.4. The summed E-state index contributed by atoms with van der Waals surface area (Å²) in [7, 11) is 0. The number of unbranched alkanes of at least 4 members (excludes halogenated alkanes) is 19. The second-order valence-corrected chi connectivity index (χ2v) is 10.7. The van der Waals surface area contributed by atoms with Gasteiger partial charge in [0.25, 0.3) is 0 Å². The average molecular weight is 485 g/mol. The van der Waals surface area contributed by atoms with E-state index in [1.807, 2.05) is 0 Å². The molecule has 34 heavy (non-hydrogen) atoms. The Balaban J connectivity index is 3.13. The molecule has 0 saturated carbocycles. The van der Waals surface area contributed by atoms with Crippen molar-refractivity contribution in [1.82, 2.24) is 0 Å². The molecule has 0 saturated heterocycles. The Bertz CT molecular complexity index is 413. The van der Waals surface area contributed by atoms with E-state index in [9.17, 15) is 15.0 Å². The molecule has 3 N–H and O–H groups in total. The molecule has 2 unspecified atom stereocenters. The van der Waals surface area contributed by atoms with Gasteiger partial charge in [0, 0.05) is 6.42 Å². The van der Waals surface area contributed by atoms with Crippen LogP contribution in [0.5, 0.6) is 0 Å². The minimum absolute atomic E-state index is 0.223. The van der Waals surface area contributed by atoms with Gasteiger partial charge in [-0.05, 0) is 32.1 Å². The SMILES string of the molecule is CCCC(O)CCC(O)CCCCCCCCCCCCCCCCCCCCCCC(=O)O. The highest BCUT2D eigenvalue weighted by molar-refractivity contribution is 5.66. The molecule has 0 rings (SSSR count). The normalized spacial score (nSPS) is 13.3. The van der Waals surface area contributed by atoms with Crippen molar-refractivity contribution in [2.75, 3.05) is 0 Å². The molecule has 0 radical (unpaired) electrons. The fourth-order valence-corrected chi connectivity index (χ4v) is 4.84. The van der Waals surface area contributed by atoms with E-state index in [4.69, 9.17) is 5.11 Å². The van der Waals surface area contributed by atoms with Gasteiger partial charge in [-0.15, -0.1) is 0 Å². The highest BCUT2D eigenvalue weighted by atomic mass is 16.4. The minimum atomic E-state index is -0.660. The quantitative estimate of drug-likeness (QED) is 0.0968. The van der Waals surface area contributed by atoms with Crippen molar-refractivity contribution in [3.05, 3.63) is 0 Å². The predicted molar refractivity (Wildman–Crippen MR) is 145 cm³/mol. The molecule has 0 aliphatic carbocycles. The van der Waals surface area contributed by atoms with E-state index in [1.165, 1.54) is 109 Å². The van der Waals surface area contributed by atoms with Gasteiger partial charge in [0.05, 0.1) is 12.2 Å². The molecule has 0 aromatic heterocycles. The van der Waals surface area contributed by atoms with Gasteiger partial charge in [-0.2, -0.15) is 0 Å². The number of hydrogen-bond donors (Lipinski definition) is 3. The lowest BCUT2D eigenvalue weighted by Crippen LogP contribution is -2.13. The zero-order chi connectivity index (χ0) is 25.1. The largest absolute Gasteiger partial charge is 0.481 e. The van der Waals surface area contributed by atoms with Gasteiger partial charge in [0.2, 0.25) is 0 Å². The number of aliphatic hydroxyl groups is 2. The number of carboxylic acid groups (broad SMARTS) is 1. The number of carboxylic acids is 1. The van der Waals surface area contributed by atoms with E-state index in [0.29, 0.717) is 6.42 Å². The monoisotopic (exact) mass is 484 g/mol. The van der Waals surface area contributed by atoms with Crippen LogP contribution < -0.4 is 0 Å². The number of rotatable bonds is 28. The van der Waals surface area contributed by atoms with Crippen molar-refractivity contribution in [3.8, 4) is 0 Å². The van der Waals surface area contributed by atoms with Gasteiger partial charge >= 0.3 is 5.97 Å². The van der Waals surface area contributed by atoms with E-state index in [1.54, 1.807) is 0 Å². The molecule has 0 spiro atoms. The molecule has 0 aromatic carbocycles. The van der Waals surface area contributed by atoms with Gasteiger partial charge in [-0.1, -0.05) is 135 Å². The van der Waals surface area contributed by atoms with Crippen molar-refractivity contribution < 1.29 is 20.1 Å². The summed E-state index contributed by atoms with van der Waals surface area (Å²) >= 11 is 0. The predicted octanol–water partition coefficient (Wildman–Crippen LogP) is 8.96.